The van der Waals surface area contributed by atoms with E-state index in [0.717, 1.165) is 0 Å². The second-order valence-electron chi connectivity index (χ2n) is 8.65. The van der Waals surface area contributed by atoms with Crippen LogP contribution in [0.1, 0.15) is 38.1 Å². The minimum Gasteiger partial charge on any atom is -0.135 e. The molecule has 0 nitrogen and oxygen atoms in total. The van der Waals surface area contributed by atoms with E-state index in [0.29, 0.717) is 0 Å². The molecule has 4 rings (SSSR count). The number of allylic oxidation sites excluding steroid dienone is 3. The Bertz CT molecular complexity index is 1230. The first-order valence-electron chi connectivity index (χ1n) is 10.4. The third kappa shape index (κ3) is 3.78. The van der Waals surface area contributed by atoms with E-state index in [1.807, 2.05) is 17.4 Å². The van der Waals surface area contributed by atoms with Crippen molar-refractivity contribution in [2.75, 3.05) is 0 Å². The molecule has 0 atom stereocenters. The summed E-state index contributed by atoms with van der Waals surface area (Å²) >= 11 is 1.81. The van der Waals surface area contributed by atoms with E-state index in [1.54, 1.807) is 0 Å². The number of hydrogen-bond donors (Lipinski definition) is 0. The maximum absolute atomic E-state index is 3.92. The molecule has 4 aromatic rings. The van der Waals surface area contributed by atoms with Crippen molar-refractivity contribution in [3.05, 3.63) is 102 Å². The molecule has 0 fully saturated rings. The van der Waals surface area contributed by atoms with Crippen molar-refractivity contribution in [3.8, 4) is 21.6 Å². The normalized spacial score (nSPS) is 12.3. The van der Waals surface area contributed by atoms with E-state index in [9.17, 15) is 0 Å². The first-order chi connectivity index (χ1) is 14.4. The fourth-order valence-corrected chi connectivity index (χ4v) is 5.11. The molecule has 0 N–H and O–H groups in total. The van der Waals surface area contributed by atoms with Crippen LogP contribution >= 0.6 is 11.3 Å². The quantitative estimate of drug-likeness (QED) is 0.295. The molecule has 0 radical (unpaired) electrons. The number of fused-ring (bicyclic) bond motifs is 1. The van der Waals surface area contributed by atoms with E-state index in [4.69, 9.17) is 0 Å². The highest BCUT2D eigenvalue weighted by Crippen LogP contribution is 2.37. The van der Waals surface area contributed by atoms with Crippen LogP contribution in [-0.4, -0.2) is 0 Å². The predicted octanol–water partition coefficient (Wildman–Crippen LogP) is 9.12. The molecule has 1 aromatic heterocycles. The largest absolute Gasteiger partial charge is 0.135 e. The van der Waals surface area contributed by atoms with E-state index < -0.39 is 0 Å². The summed E-state index contributed by atoms with van der Waals surface area (Å²) in [5.41, 5.74) is 6.51. The van der Waals surface area contributed by atoms with Gasteiger partial charge in [0.15, 0.2) is 0 Å². The maximum atomic E-state index is 3.92. The van der Waals surface area contributed by atoms with E-state index >= 15 is 0 Å². The Kier molecular flexibility index (Phi) is 5.49. The summed E-state index contributed by atoms with van der Waals surface area (Å²) in [6.45, 7) is 12.8. The molecule has 0 unspecified atom stereocenters. The van der Waals surface area contributed by atoms with Crippen molar-refractivity contribution in [3.63, 3.8) is 0 Å². The Hall–Kier alpha value is -2.90. The molecule has 1 heterocycles. The maximum Gasteiger partial charge on any atom is 0.0349 e. The summed E-state index contributed by atoms with van der Waals surface area (Å²) < 4.78 is 0. The lowest BCUT2D eigenvalue weighted by Crippen LogP contribution is -2.11. The van der Waals surface area contributed by atoms with Crippen LogP contribution in [0.25, 0.3) is 37.9 Å². The molecule has 0 aliphatic carbocycles. The zero-order chi connectivity index (χ0) is 21.3. The van der Waals surface area contributed by atoms with Crippen molar-refractivity contribution in [2.45, 2.75) is 33.1 Å². The second-order valence-corrected chi connectivity index (χ2v) is 9.73. The summed E-state index contributed by atoms with van der Waals surface area (Å²) in [5, 5.41) is 2.66. The number of hydrogen-bond acceptors (Lipinski definition) is 1. The van der Waals surface area contributed by atoms with Crippen LogP contribution in [0.15, 0.2) is 91.5 Å². The number of thiophene rings is 1. The average Bonchev–Trinajstić information content (AvgIpc) is 3.23. The average molecular weight is 409 g/mol. The van der Waals surface area contributed by atoms with Crippen molar-refractivity contribution in [1.82, 2.24) is 0 Å². The Morgan fingerprint density at radius 3 is 2.10 bits per heavy atom. The van der Waals surface area contributed by atoms with Gasteiger partial charge in [0.1, 0.15) is 0 Å². The van der Waals surface area contributed by atoms with Crippen LogP contribution in [-0.2, 0) is 5.41 Å². The van der Waals surface area contributed by atoms with Crippen molar-refractivity contribution in [1.29, 1.82) is 0 Å². The first-order valence-corrected chi connectivity index (χ1v) is 11.3. The Labute approximate surface area is 184 Å². The van der Waals surface area contributed by atoms with Crippen molar-refractivity contribution < 1.29 is 0 Å². The Morgan fingerprint density at radius 1 is 0.800 bits per heavy atom. The molecule has 0 aliphatic rings. The molecule has 0 bridgehead atoms. The molecule has 3 aromatic carbocycles. The molecule has 0 saturated heterocycles. The smallest absolute Gasteiger partial charge is 0.0349 e. The summed E-state index contributed by atoms with van der Waals surface area (Å²) in [5.74, 6) is 0. The highest BCUT2D eigenvalue weighted by molar-refractivity contribution is 7.16. The molecular formula is C29H28S. The minimum atomic E-state index is 0.121. The first kappa shape index (κ1) is 20.4. The molecule has 150 valence electrons. The van der Waals surface area contributed by atoms with Gasteiger partial charge in [0.25, 0.3) is 0 Å². The Balaban J connectivity index is 1.74. The molecule has 1 heteroatoms. The highest BCUT2D eigenvalue weighted by Gasteiger charge is 2.18. The van der Waals surface area contributed by atoms with Crippen molar-refractivity contribution >= 4 is 27.7 Å². The lowest BCUT2D eigenvalue weighted by Gasteiger charge is -2.22. The molecule has 0 aliphatic heterocycles. The van der Waals surface area contributed by atoms with Gasteiger partial charge < -0.3 is 0 Å². The van der Waals surface area contributed by atoms with Crippen LogP contribution in [0.3, 0.4) is 0 Å². The summed E-state index contributed by atoms with van der Waals surface area (Å²) in [4.78, 5) is 2.54. The highest BCUT2D eigenvalue weighted by atomic mass is 32.1. The number of benzene rings is 3. The zero-order valence-corrected chi connectivity index (χ0v) is 19.0. The van der Waals surface area contributed by atoms with Gasteiger partial charge in [0.05, 0.1) is 0 Å². The topological polar surface area (TPSA) is 0 Å². The lowest BCUT2D eigenvalue weighted by atomic mass is 9.82. The molecular weight excluding hydrogens is 380 g/mol. The van der Waals surface area contributed by atoms with E-state index in [2.05, 4.69) is 113 Å². The van der Waals surface area contributed by atoms with Crippen LogP contribution < -0.4 is 0 Å². The van der Waals surface area contributed by atoms with Crippen LogP contribution in [0, 0.1) is 0 Å². The fourth-order valence-electron chi connectivity index (χ4n) is 4.03. The van der Waals surface area contributed by atoms with Gasteiger partial charge in [-0.05, 0) is 63.1 Å². The van der Waals surface area contributed by atoms with Crippen LogP contribution in [0.5, 0.6) is 0 Å². The van der Waals surface area contributed by atoms with Gasteiger partial charge in [0, 0.05) is 9.75 Å². The van der Waals surface area contributed by atoms with Gasteiger partial charge in [0.2, 0.25) is 0 Å². The van der Waals surface area contributed by atoms with Gasteiger partial charge in [-0.3, -0.25) is 0 Å². The summed E-state index contributed by atoms with van der Waals surface area (Å²) in [6.07, 6.45) is 4.03. The third-order valence-corrected chi connectivity index (χ3v) is 6.82. The molecule has 30 heavy (non-hydrogen) atoms. The molecule has 0 spiro atoms. The van der Waals surface area contributed by atoms with Crippen LogP contribution in [0.4, 0.5) is 0 Å². The standard InChI is InChI=1S/C29H28S/c1-6-20(7-2)27-18-19-28(30-27)22-14-12-21(13-15-22)23-16-17-26(29(3,4)5)25-11-9-8-10-24(23)25/h6-19H,1H2,2-5H3/b20-7+. The molecule has 0 amide bonds. The minimum absolute atomic E-state index is 0.121. The predicted molar refractivity (Wildman–Crippen MR) is 135 cm³/mol. The second kappa shape index (κ2) is 8.08. The summed E-state index contributed by atoms with van der Waals surface area (Å²) in [7, 11) is 0. The fraction of sp³-hybridized carbons (Fsp3) is 0.172. The molecule has 0 saturated carbocycles. The third-order valence-electron chi connectivity index (χ3n) is 5.63. The Morgan fingerprint density at radius 2 is 1.47 bits per heavy atom. The SMILES string of the molecule is C=C/C(=C\C)c1ccc(-c2ccc(-c3ccc(C(C)(C)C)c4ccccc34)cc2)s1. The van der Waals surface area contributed by atoms with Gasteiger partial charge in [-0.15, -0.1) is 11.3 Å². The number of rotatable bonds is 4. The van der Waals surface area contributed by atoms with E-state index in [-0.39, 0.29) is 5.41 Å². The van der Waals surface area contributed by atoms with Gasteiger partial charge in [-0.25, -0.2) is 0 Å². The van der Waals surface area contributed by atoms with Crippen molar-refractivity contribution in [2.24, 2.45) is 0 Å². The summed E-state index contributed by atoms with van der Waals surface area (Å²) in [6, 6.07) is 26.7. The van der Waals surface area contributed by atoms with Gasteiger partial charge >= 0.3 is 0 Å². The van der Waals surface area contributed by atoms with Gasteiger partial charge in [-0.1, -0.05) is 100 Å². The van der Waals surface area contributed by atoms with Crippen LogP contribution in [0.2, 0.25) is 0 Å². The van der Waals surface area contributed by atoms with E-state index in [1.165, 1.54) is 48.4 Å². The monoisotopic (exact) mass is 408 g/mol. The zero-order valence-electron chi connectivity index (χ0n) is 18.2. The lowest BCUT2D eigenvalue weighted by molar-refractivity contribution is 0.596. The van der Waals surface area contributed by atoms with Gasteiger partial charge in [-0.2, -0.15) is 0 Å².